The molecule has 84 valence electrons. The van der Waals surface area contributed by atoms with Gasteiger partial charge in [-0.3, -0.25) is 4.79 Å². The molecule has 3 rings (SSSR count). The Morgan fingerprint density at radius 3 is 2.94 bits per heavy atom. The maximum atomic E-state index is 11.4. The number of hydrogen-bond donors (Lipinski definition) is 0. The molecule has 3 aromatic rings. The molecule has 0 aliphatic carbocycles. The fourth-order valence-corrected chi connectivity index (χ4v) is 1.83. The minimum atomic E-state index is -0.121. The van der Waals surface area contributed by atoms with Crippen molar-refractivity contribution >= 4 is 22.5 Å². The quantitative estimate of drug-likeness (QED) is 0.584. The van der Waals surface area contributed by atoms with Gasteiger partial charge in [-0.15, -0.1) is 15.3 Å². The highest BCUT2D eigenvalue weighted by molar-refractivity contribution is 5.94. The maximum Gasteiger partial charge on any atom is 0.187 e. The summed E-state index contributed by atoms with van der Waals surface area (Å²) in [5.74, 6) is -0.121. The second-order valence-electron chi connectivity index (χ2n) is 3.80. The Bertz CT molecular complexity index is 746. The number of nitrogens with zero attached hydrogens (tertiary/aromatic N) is 5. The van der Waals surface area contributed by atoms with Crippen molar-refractivity contribution in [1.29, 1.82) is 0 Å². The summed E-state index contributed by atoms with van der Waals surface area (Å²) >= 11 is 0. The first-order valence-corrected chi connectivity index (χ1v) is 5.16. The van der Waals surface area contributed by atoms with Crippen molar-refractivity contribution in [3.63, 3.8) is 0 Å². The zero-order valence-electron chi connectivity index (χ0n) is 9.38. The lowest BCUT2D eigenvalue weighted by molar-refractivity contribution is 0.101. The smallest absolute Gasteiger partial charge is 0.187 e. The second-order valence-corrected chi connectivity index (χ2v) is 3.80. The highest BCUT2D eigenvalue weighted by atomic mass is 16.1. The summed E-state index contributed by atoms with van der Waals surface area (Å²) in [5, 5.41) is 13.1. The number of aryl methyl sites for hydroxylation is 1. The molecule has 0 aliphatic heterocycles. The van der Waals surface area contributed by atoms with Crippen LogP contribution in [0.1, 0.15) is 23.1 Å². The molecule has 6 heteroatoms. The Morgan fingerprint density at radius 2 is 2.18 bits per heavy atom. The maximum absolute atomic E-state index is 11.4. The van der Waals surface area contributed by atoms with Gasteiger partial charge in [0.05, 0.1) is 11.1 Å². The SMILES string of the molecule is CC(=O)c1nnc2c3cccnc3nn2c1C. The number of fused-ring (bicyclic) bond motifs is 3. The Morgan fingerprint density at radius 1 is 1.35 bits per heavy atom. The number of ketones is 1. The monoisotopic (exact) mass is 227 g/mol. The predicted octanol–water partition coefficient (Wildman–Crippen LogP) is 1.18. The summed E-state index contributed by atoms with van der Waals surface area (Å²) in [6, 6.07) is 3.70. The number of pyridine rings is 1. The molecule has 0 bridgehead atoms. The van der Waals surface area contributed by atoms with Crippen LogP contribution in [0.3, 0.4) is 0 Å². The van der Waals surface area contributed by atoms with Gasteiger partial charge in [-0.2, -0.15) is 0 Å². The lowest BCUT2D eigenvalue weighted by Gasteiger charge is -2.01. The number of Topliss-reactive ketones (excluding diaryl/α,β-unsaturated/α-hetero) is 1. The number of rotatable bonds is 1. The molecule has 0 spiro atoms. The van der Waals surface area contributed by atoms with E-state index < -0.39 is 0 Å². The van der Waals surface area contributed by atoms with Crippen molar-refractivity contribution in [1.82, 2.24) is 24.8 Å². The van der Waals surface area contributed by atoms with Crippen molar-refractivity contribution < 1.29 is 4.79 Å². The van der Waals surface area contributed by atoms with Gasteiger partial charge in [0.2, 0.25) is 0 Å². The Hall–Kier alpha value is -2.37. The standard InChI is InChI=1S/C11H9N5O/c1-6-9(7(2)17)13-14-11-8-4-3-5-12-10(8)15-16(6)11/h3-5H,1-2H3. The van der Waals surface area contributed by atoms with Gasteiger partial charge in [0.15, 0.2) is 17.1 Å². The Balaban J connectivity index is 2.48. The molecule has 0 fully saturated rings. The molecular weight excluding hydrogens is 218 g/mol. The van der Waals surface area contributed by atoms with Gasteiger partial charge in [0, 0.05) is 13.1 Å². The highest BCUT2D eigenvalue weighted by Gasteiger charge is 2.14. The molecule has 0 unspecified atom stereocenters. The van der Waals surface area contributed by atoms with Gasteiger partial charge in [0.1, 0.15) is 5.69 Å². The van der Waals surface area contributed by atoms with E-state index in [9.17, 15) is 4.79 Å². The number of aromatic nitrogens is 5. The van der Waals surface area contributed by atoms with Crippen molar-refractivity contribution in [3.05, 3.63) is 29.7 Å². The number of carbonyl (C=O) groups excluding carboxylic acids is 1. The van der Waals surface area contributed by atoms with Gasteiger partial charge < -0.3 is 0 Å². The first-order chi connectivity index (χ1) is 8.18. The number of hydrogen-bond acceptors (Lipinski definition) is 5. The predicted molar refractivity (Wildman–Crippen MR) is 60.8 cm³/mol. The van der Waals surface area contributed by atoms with E-state index in [0.717, 1.165) is 5.39 Å². The molecule has 0 saturated carbocycles. The molecule has 0 saturated heterocycles. The van der Waals surface area contributed by atoms with Gasteiger partial charge in [0.25, 0.3) is 0 Å². The number of carbonyl (C=O) groups is 1. The zero-order chi connectivity index (χ0) is 12.0. The van der Waals surface area contributed by atoms with Crippen molar-refractivity contribution in [3.8, 4) is 0 Å². The molecule has 0 aliphatic rings. The third-order valence-corrected chi connectivity index (χ3v) is 2.66. The van der Waals surface area contributed by atoms with Crippen LogP contribution in [0, 0.1) is 6.92 Å². The normalized spacial score (nSPS) is 11.2. The first-order valence-electron chi connectivity index (χ1n) is 5.16. The highest BCUT2D eigenvalue weighted by Crippen LogP contribution is 2.17. The molecule has 3 heterocycles. The molecule has 0 radical (unpaired) electrons. The van der Waals surface area contributed by atoms with E-state index in [4.69, 9.17) is 0 Å². The van der Waals surface area contributed by atoms with Crippen molar-refractivity contribution in [2.45, 2.75) is 13.8 Å². The minimum Gasteiger partial charge on any atom is -0.293 e. The van der Waals surface area contributed by atoms with Crippen molar-refractivity contribution in [2.24, 2.45) is 0 Å². The molecule has 17 heavy (non-hydrogen) atoms. The summed E-state index contributed by atoms with van der Waals surface area (Å²) in [5.41, 5.74) is 2.24. The van der Waals surface area contributed by atoms with E-state index in [2.05, 4.69) is 20.3 Å². The third kappa shape index (κ3) is 1.30. The van der Waals surface area contributed by atoms with Crippen LogP contribution < -0.4 is 0 Å². The van der Waals surface area contributed by atoms with Crippen LogP contribution in [0.5, 0.6) is 0 Å². The van der Waals surface area contributed by atoms with Crippen LogP contribution in [-0.2, 0) is 0 Å². The average molecular weight is 227 g/mol. The summed E-state index contributed by atoms with van der Waals surface area (Å²) in [6.45, 7) is 3.26. The van der Waals surface area contributed by atoms with E-state index in [0.29, 0.717) is 22.7 Å². The molecule has 0 amide bonds. The van der Waals surface area contributed by atoms with E-state index in [1.165, 1.54) is 6.92 Å². The molecule has 6 nitrogen and oxygen atoms in total. The van der Waals surface area contributed by atoms with E-state index >= 15 is 0 Å². The Kier molecular flexibility index (Phi) is 1.91. The lowest BCUT2D eigenvalue weighted by atomic mass is 10.2. The third-order valence-electron chi connectivity index (χ3n) is 2.66. The summed E-state index contributed by atoms with van der Waals surface area (Å²) in [7, 11) is 0. The largest absolute Gasteiger partial charge is 0.293 e. The zero-order valence-corrected chi connectivity index (χ0v) is 9.38. The van der Waals surface area contributed by atoms with Gasteiger partial charge in [-0.05, 0) is 19.1 Å². The Labute approximate surface area is 96.3 Å². The van der Waals surface area contributed by atoms with Gasteiger partial charge >= 0.3 is 0 Å². The topological polar surface area (TPSA) is 73.0 Å². The van der Waals surface area contributed by atoms with E-state index in [-0.39, 0.29) is 5.78 Å². The molecule has 0 atom stereocenters. The molecule has 0 N–H and O–H groups in total. The lowest BCUT2D eigenvalue weighted by Crippen LogP contribution is -2.08. The molecule has 0 aromatic carbocycles. The fourth-order valence-electron chi connectivity index (χ4n) is 1.83. The van der Waals surface area contributed by atoms with Crippen LogP contribution in [0.4, 0.5) is 0 Å². The fraction of sp³-hybridized carbons (Fsp3) is 0.182. The van der Waals surface area contributed by atoms with E-state index in [1.54, 1.807) is 17.6 Å². The minimum absolute atomic E-state index is 0.121. The van der Waals surface area contributed by atoms with Crippen LogP contribution >= 0.6 is 0 Å². The van der Waals surface area contributed by atoms with E-state index in [1.807, 2.05) is 12.1 Å². The second kappa shape index (κ2) is 3.31. The van der Waals surface area contributed by atoms with Crippen LogP contribution in [0.25, 0.3) is 16.7 Å². The van der Waals surface area contributed by atoms with Crippen LogP contribution in [0.15, 0.2) is 18.3 Å². The molecule has 3 aromatic heterocycles. The van der Waals surface area contributed by atoms with Crippen LogP contribution in [0.2, 0.25) is 0 Å². The van der Waals surface area contributed by atoms with Crippen LogP contribution in [-0.4, -0.2) is 30.6 Å². The molecular formula is C11H9N5O. The first kappa shape index (κ1) is 9.83. The summed E-state index contributed by atoms with van der Waals surface area (Å²) in [4.78, 5) is 15.5. The van der Waals surface area contributed by atoms with Gasteiger partial charge in [-0.1, -0.05) is 0 Å². The summed E-state index contributed by atoms with van der Waals surface area (Å²) < 4.78 is 1.61. The van der Waals surface area contributed by atoms with Crippen molar-refractivity contribution in [2.75, 3.05) is 0 Å². The summed E-state index contributed by atoms with van der Waals surface area (Å²) in [6.07, 6.45) is 1.67. The average Bonchev–Trinajstić information content (AvgIpc) is 2.69. The van der Waals surface area contributed by atoms with Gasteiger partial charge in [-0.25, -0.2) is 9.50 Å².